The minimum absolute atomic E-state index is 0.0327. The summed E-state index contributed by atoms with van der Waals surface area (Å²) in [5.74, 6) is 1.03. The average molecular weight is 777 g/mol. The summed E-state index contributed by atoms with van der Waals surface area (Å²) >= 11 is 0. The lowest BCUT2D eigenvalue weighted by atomic mass is 9.97. The molecule has 2 fully saturated rings. The topological polar surface area (TPSA) is 183 Å². The summed E-state index contributed by atoms with van der Waals surface area (Å²) in [6.07, 6.45) is 6.75. The predicted molar refractivity (Wildman–Crippen MR) is 217 cm³/mol. The molecule has 5 N–H and O–H groups in total. The molecule has 7 rings (SSSR count). The Morgan fingerprint density at radius 1 is 0.719 bits per heavy atom. The zero-order valence-electron chi connectivity index (χ0n) is 33.3. The van der Waals surface area contributed by atoms with Crippen LogP contribution in [0.15, 0.2) is 60.9 Å². The summed E-state index contributed by atoms with van der Waals surface area (Å²) in [6, 6.07) is 15.4. The van der Waals surface area contributed by atoms with Crippen molar-refractivity contribution >= 4 is 45.5 Å². The fourth-order valence-electron chi connectivity index (χ4n) is 8.38. The second-order valence-corrected chi connectivity index (χ2v) is 15.9. The molecule has 0 unspecified atom stereocenters. The predicted octanol–water partition coefficient (Wildman–Crippen LogP) is 6.95. The molecule has 3 aromatic carbocycles. The van der Waals surface area contributed by atoms with E-state index in [9.17, 15) is 19.2 Å². The Bertz CT molecular complexity index is 2280. The summed E-state index contributed by atoms with van der Waals surface area (Å²) < 4.78 is 9.50. The van der Waals surface area contributed by atoms with Gasteiger partial charge in [0, 0.05) is 29.6 Å². The van der Waals surface area contributed by atoms with Crippen LogP contribution in [0, 0.1) is 11.8 Å². The fourth-order valence-corrected chi connectivity index (χ4v) is 8.38. The Hall–Kier alpha value is -5.92. The van der Waals surface area contributed by atoms with Gasteiger partial charge < -0.3 is 40.3 Å². The number of nitrogens with zero attached hydrogens (tertiary/aromatic N) is 3. The highest BCUT2D eigenvalue weighted by Crippen LogP contribution is 2.37. The van der Waals surface area contributed by atoms with Crippen molar-refractivity contribution in [2.45, 2.75) is 89.9 Å². The minimum Gasteiger partial charge on any atom is -0.453 e. The van der Waals surface area contributed by atoms with Crippen molar-refractivity contribution in [2.24, 2.45) is 11.8 Å². The first-order valence-corrected chi connectivity index (χ1v) is 19.8. The highest BCUT2D eigenvalue weighted by atomic mass is 16.5. The highest BCUT2D eigenvalue weighted by molar-refractivity contribution is 6.09. The largest absolute Gasteiger partial charge is 0.453 e. The molecule has 0 radical (unpaired) electrons. The minimum atomic E-state index is -0.695. The van der Waals surface area contributed by atoms with E-state index in [2.05, 4.69) is 74.4 Å². The van der Waals surface area contributed by atoms with E-state index in [1.807, 2.05) is 45.0 Å². The van der Waals surface area contributed by atoms with Gasteiger partial charge in [0.2, 0.25) is 11.8 Å². The van der Waals surface area contributed by atoms with Crippen LogP contribution in [0.2, 0.25) is 0 Å². The third-order valence-corrected chi connectivity index (χ3v) is 11.5. The normalized spacial score (nSPS) is 19.2. The number of benzene rings is 3. The first-order valence-electron chi connectivity index (χ1n) is 19.8. The van der Waals surface area contributed by atoms with Gasteiger partial charge in [0.1, 0.15) is 23.7 Å². The van der Waals surface area contributed by atoms with Gasteiger partial charge in [0.25, 0.3) is 0 Å². The molecular weight excluding hydrogens is 725 g/mol. The van der Waals surface area contributed by atoms with Crippen LogP contribution in [-0.4, -0.2) is 87.7 Å². The molecule has 1 aliphatic heterocycles. The Labute approximate surface area is 331 Å². The maximum Gasteiger partial charge on any atom is 0.407 e. The van der Waals surface area contributed by atoms with Gasteiger partial charge in [0.05, 0.1) is 44.0 Å². The number of H-pyrrole nitrogens is 2. The molecule has 1 aliphatic carbocycles. The smallest absolute Gasteiger partial charge is 0.407 e. The zero-order chi connectivity index (χ0) is 40.4. The molecule has 57 heavy (non-hydrogen) atoms. The van der Waals surface area contributed by atoms with Gasteiger partial charge in [-0.25, -0.2) is 19.6 Å². The summed E-state index contributed by atoms with van der Waals surface area (Å²) in [7, 11) is 2.58. The number of amides is 4. The van der Waals surface area contributed by atoms with Gasteiger partial charge in [-0.3, -0.25) is 9.59 Å². The quantitative estimate of drug-likeness (QED) is 0.0893. The molecule has 0 spiro atoms. The van der Waals surface area contributed by atoms with Crippen LogP contribution in [-0.2, 0) is 19.1 Å². The third kappa shape index (κ3) is 8.16. The van der Waals surface area contributed by atoms with E-state index in [4.69, 9.17) is 19.4 Å². The van der Waals surface area contributed by atoms with Crippen LogP contribution in [0.25, 0.3) is 44.1 Å². The molecule has 5 aromatic rings. The molecule has 3 heterocycles. The number of aromatic nitrogens is 4. The molecule has 300 valence electrons. The second kappa shape index (κ2) is 16.7. The Morgan fingerprint density at radius 2 is 1.28 bits per heavy atom. The molecular formula is C43H52N8O6. The number of likely N-dealkylation sites (tertiary alicyclic amines) is 1. The fraction of sp³-hybridized carbons (Fsp3) is 0.442. The SMILES string of the molecule is COC(=O)N[C@H](C(=O)N[C@H]1CCC[C@@H]1c1ncc(-c2ccc3c(ccc4cc(-c5cnc([C@@H]6CCCN6C(=O)[C@@H](NC(=O)OC)C(C)C)[nH]5)ccc43)c2)[nH]1)C(C)C. The van der Waals surface area contributed by atoms with Crippen molar-refractivity contribution in [3.63, 3.8) is 0 Å². The maximum absolute atomic E-state index is 13.6. The number of ether oxygens (including phenoxy) is 2. The highest BCUT2D eigenvalue weighted by Gasteiger charge is 2.38. The van der Waals surface area contributed by atoms with Crippen molar-refractivity contribution in [3.05, 3.63) is 72.6 Å². The van der Waals surface area contributed by atoms with E-state index in [1.165, 1.54) is 14.2 Å². The summed E-state index contributed by atoms with van der Waals surface area (Å²) in [6.45, 7) is 8.18. The van der Waals surface area contributed by atoms with Crippen LogP contribution in [0.5, 0.6) is 0 Å². The number of nitrogens with one attached hydrogen (secondary N) is 5. The first kappa shape index (κ1) is 39.3. The Morgan fingerprint density at radius 3 is 1.86 bits per heavy atom. The van der Waals surface area contributed by atoms with Crippen molar-refractivity contribution in [1.29, 1.82) is 0 Å². The van der Waals surface area contributed by atoms with Gasteiger partial charge in [-0.2, -0.15) is 0 Å². The van der Waals surface area contributed by atoms with Crippen LogP contribution in [0.1, 0.15) is 83.4 Å². The summed E-state index contributed by atoms with van der Waals surface area (Å²) in [5, 5.41) is 13.0. The number of carbonyl (C=O) groups is 4. The van der Waals surface area contributed by atoms with Crippen molar-refractivity contribution in [3.8, 4) is 22.5 Å². The van der Waals surface area contributed by atoms with E-state index < -0.39 is 24.3 Å². The number of aromatic amines is 2. The van der Waals surface area contributed by atoms with E-state index in [-0.39, 0.29) is 41.7 Å². The van der Waals surface area contributed by atoms with Crippen LogP contribution >= 0.6 is 0 Å². The van der Waals surface area contributed by atoms with E-state index in [1.54, 1.807) is 0 Å². The zero-order valence-corrected chi connectivity index (χ0v) is 33.3. The van der Waals surface area contributed by atoms with Crippen molar-refractivity contribution < 1.29 is 28.7 Å². The number of hydrogen-bond acceptors (Lipinski definition) is 8. The molecule has 0 bridgehead atoms. The van der Waals surface area contributed by atoms with E-state index in [0.29, 0.717) is 6.54 Å². The van der Waals surface area contributed by atoms with Crippen molar-refractivity contribution in [1.82, 2.24) is 40.8 Å². The molecule has 14 heteroatoms. The molecule has 4 amide bonds. The monoisotopic (exact) mass is 776 g/mol. The van der Waals surface area contributed by atoms with Crippen molar-refractivity contribution in [2.75, 3.05) is 20.8 Å². The summed E-state index contributed by atoms with van der Waals surface area (Å²) in [5.41, 5.74) is 3.78. The van der Waals surface area contributed by atoms with E-state index >= 15 is 0 Å². The average Bonchev–Trinajstić information content (AvgIpc) is 4.05. The number of fused-ring (bicyclic) bond motifs is 3. The molecule has 2 aromatic heterocycles. The molecule has 2 aliphatic rings. The van der Waals surface area contributed by atoms with Gasteiger partial charge >= 0.3 is 12.2 Å². The second-order valence-electron chi connectivity index (χ2n) is 15.9. The number of carbonyl (C=O) groups excluding carboxylic acids is 4. The molecule has 1 saturated carbocycles. The number of methoxy groups -OCH3 is 2. The first-order chi connectivity index (χ1) is 27.4. The maximum atomic E-state index is 13.6. The van der Waals surface area contributed by atoms with Gasteiger partial charge in [-0.15, -0.1) is 0 Å². The Balaban J connectivity index is 1.06. The lowest BCUT2D eigenvalue weighted by molar-refractivity contribution is -0.135. The molecule has 1 saturated heterocycles. The third-order valence-electron chi connectivity index (χ3n) is 11.5. The van der Waals surface area contributed by atoms with Gasteiger partial charge in [-0.1, -0.05) is 70.5 Å². The number of imidazole rings is 2. The van der Waals surface area contributed by atoms with Gasteiger partial charge in [0.15, 0.2) is 0 Å². The van der Waals surface area contributed by atoms with Crippen LogP contribution < -0.4 is 16.0 Å². The van der Waals surface area contributed by atoms with E-state index in [0.717, 1.165) is 87.8 Å². The molecule has 5 atom stereocenters. The lowest BCUT2D eigenvalue weighted by Crippen LogP contribution is -2.52. The van der Waals surface area contributed by atoms with Crippen LogP contribution in [0.4, 0.5) is 9.59 Å². The summed E-state index contributed by atoms with van der Waals surface area (Å²) in [4.78, 5) is 69.0. The standard InChI is InChI=1S/C43H52N8O6/c1-23(2)36(49-42(54)56-5)40(52)48-32-10-7-9-31(32)38-44-21-33(46-38)27-14-16-29-25(19-27)12-13-26-20-28(15-17-30(26)29)34-22-45-39(47-34)35-11-8-18-51(35)41(53)37(24(3)4)50-43(55)57-6/h12-17,19-24,31-32,35-37H,7-11,18H2,1-6H3,(H,44,46)(H,45,47)(H,48,52)(H,49,54)(H,50,55)/t31-,32-,35-,36-,37-/m0/s1. The number of rotatable bonds is 11. The number of hydrogen-bond donors (Lipinski definition) is 5. The van der Waals surface area contributed by atoms with Crippen LogP contribution in [0.3, 0.4) is 0 Å². The number of alkyl carbamates (subject to hydrolysis) is 2. The Kier molecular flexibility index (Phi) is 11.5. The lowest BCUT2D eigenvalue weighted by Gasteiger charge is -2.30. The molecule has 14 nitrogen and oxygen atoms in total. The van der Waals surface area contributed by atoms with Gasteiger partial charge in [-0.05, 0) is 71.2 Å².